The summed E-state index contributed by atoms with van der Waals surface area (Å²) < 4.78 is 4.98. The summed E-state index contributed by atoms with van der Waals surface area (Å²) in [6.45, 7) is 2.11. The number of halogens is 1. The molecule has 9 nitrogen and oxygen atoms in total. The van der Waals surface area contributed by atoms with Crippen LogP contribution in [0, 0.1) is 33.8 Å². The van der Waals surface area contributed by atoms with Gasteiger partial charge in [0.05, 0.1) is 18.1 Å². The molecule has 0 aromatic carbocycles. The number of amides is 1. The lowest BCUT2D eigenvalue weighted by Crippen LogP contribution is -2.62. The zero-order valence-electron chi connectivity index (χ0n) is 16.0. The van der Waals surface area contributed by atoms with Crippen LogP contribution in [-0.2, 0) is 4.74 Å². The third-order valence-electron chi connectivity index (χ3n) is 6.54. The van der Waals surface area contributed by atoms with E-state index in [1.54, 1.807) is 5.01 Å². The molecule has 1 heterocycles. The van der Waals surface area contributed by atoms with E-state index >= 15 is 0 Å². The number of ether oxygens (including phenoxy) is 1. The highest BCUT2D eigenvalue weighted by Crippen LogP contribution is 2.56. The Morgan fingerprint density at radius 1 is 1.29 bits per heavy atom. The first-order valence-electron chi connectivity index (χ1n) is 9.74. The van der Waals surface area contributed by atoms with E-state index in [4.69, 9.17) is 16.3 Å². The first-order chi connectivity index (χ1) is 13.4. The highest BCUT2D eigenvalue weighted by atomic mass is 35.5. The van der Waals surface area contributed by atoms with Crippen LogP contribution in [0.25, 0.3) is 0 Å². The summed E-state index contributed by atoms with van der Waals surface area (Å²) in [6, 6.07) is -0.0449. The topological polar surface area (TPSA) is 102 Å². The third-order valence-corrected chi connectivity index (χ3v) is 6.72. The summed E-state index contributed by atoms with van der Waals surface area (Å²) >= 11 is 6.01. The van der Waals surface area contributed by atoms with Crippen LogP contribution in [0.1, 0.15) is 39.0 Å². The first kappa shape index (κ1) is 19.2. The van der Waals surface area contributed by atoms with Crippen LogP contribution in [-0.4, -0.2) is 45.7 Å². The molecule has 5 rings (SSSR count). The van der Waals surface area contributed by atoms with Crippen LogP contribution in [0.3, 0.4) is 0 Å². The van der Waals surface area contributed by atoms with Crippen LogP contribution < -0.4 is 5.01 Å². The minimum absolute atomic E-state index is 0.0449. The van der Waals surface area contributed by atoms with Gasteiger partial charge in [0.2, 0.25) is 11.1 Å². The monoisotopic (exact) mass is 409 g/mol. The van der Waals surface area contributed by atoms with Gasteiger partial charge in [0.25, 0.3) is 0 Å². The van der Waals surface area contributed by atoms with Gasteiger partial charge < -0.3 is 4.74 Å². The first-order valence-corrected chi connectivity index (χ1v) is 10.1. The highest BCUT2D eigenvalue weighted by Gasteiger charge is 2.53. The number of methoxy groups -OCH3 is 1. The Labute approximate surface area is 168 Å². The fourth-order valence-corrected chi connectivity index (χ4v) is 5.96. The normalized spacial score (nSPS) is 30.2. The molecule has 0 N–H and O–H groups in total. The molecule has 4 aliphatic carbocycles. The molecule has 1 amide bonds. The van der Waals surface area contributed by atoms with Gasteiger partial charge in [-0.25, -0.2) is 14.8 Å². The van der Waals surface area contributed by atoms with Crippen molar-refractivity contribution in [3.05, 3.63) is 21.6 Å². The lowest BCUT2D eigenvalue weighted by Gasteiger charge is -2.58. The summed E-state index contributed by atoms with van der Waals surface area (Å²) in [7, 11) is 1.31. The SMILES string of the molecule is CCN(C(=O)OC)N(c1nc(Cl)ncc1[N+](=O)[O-])C1C2CC3CC(C2)CC1C3. The molecule has 152 valence electrons. The minimum atomic E-state index is -0.569. The molecule has 0 unspecified atom stereocenters. The van der Waals surface area contributed by atoms with Crippen molar-refractivity contribution >= 4 is 29.2 Å². The van der Waals surface area contributed by atoms with Crippen LogP contribution in [0.2, 0.25) is 5.28 Å². The number of aromatic nitrogens is 2. The fraction of sp³-hybridized carbons (Fsp3) is 0.722. The Bertz CT molecular complexity index is 763. The quantitative estimate of drug-likeness (QED) is 0.415. The van der Waals surface area contributed by atoms with Crippen molar-refractivity contribution in [2.24, 2.45) is 23.7 Å². The summed E-state index contributed by atoms with van der Waals surface area (Å²) in [5, 5.41) is 14.7. The molecule has 1 aromatic heterocycles. The third kappa shape index (κ3) is 3.15. The number of anilines is 1. The van der Waals surface area contributed by atoms with Gasteiger partial charge in [-0.2, -0.15) is 4.98 Å². The second-order valence-corrected chi connectivity index (χ2v) is 8.39. The molecule has 4 aliphatic rings. The summed E-state index contributed by atoms with van der Waals surface area (Å²) in [5.74, 6) is 2.23. The van der Waals surface area contributed by atoms with Crippen molar-refractivity contribution in [2.75, 3.05) is 18.7 Å². The van der Waals surface area contributed by atoms with Gasteiger partial charge in [-0.3, -0.25) is 15.1 Å². The Morgan fingerprint density at radius 3 is 2.39 bits per heavy atom. The highest BCUT2D eigenvalue weighted by molar-refractivity contribution is 6.28. The lowest BCUT2D eigenvalue weighted by molar-refractivity contribution is -0.384. The molecule has 0 radical (unpaired) electrons. The van der Waals surface area contributed by atoms with E-state index in [1.807, 2.05) is 6.92 Å². The van der Waals surface area contributed by atoms with Gasteiger partial charge in [0, 0.05) is 6.54 Å². The Morgan fingerprint density at radius 2 is 1.89 bits per heavy atom. The van der Waals surface area contributed by atoms with Gasteiger partial charge in [-0.05, 0) is 74.3 Å². The molecule has 28 heavy (non-hydrogen) atoms. The molecule has 0 atom stereocenters. The summed E-state index contributed by atoms with van der Waals surface area (Å²) in [6.07, 6.45) is 6.16. The average Bonchev–Trinajstić information content (AvgIpc) is 2.65. The smallest absolute Gasteiger partial charge is 0.428 e. The van der Waals surface area contributed by atoms with Crippen LogP contribution in [0.4, 0.5) is 16.3 Å². The zero-order chi connectivity index (χ0) is 20.0. The van der Waals surface area contributed by atoms with Crippen LogP contribution in [0.15, 0.2) is 6.20 Å². The number of carbonyl (C=O) groups is 1. The van der Waals surface area contributed by atoms with E-state index in [1.165, 1.54) is 18.5 Å². The second-order valence-electron chi connectivity index (χ2n) is 8.06. The zero-order valence-corrected chi connectivity index (χ0v) is 16.7. The molecule has 4 fully saturated rings. The molecule has 0 spiro atoms. The maximum absolute atomic E-state index is 12.6. The maximum atomic E-state index is 12.6. The van der Waals surface area contributed by atoms with E-state index in [9.17, 15) is 14.9 Å². The number of rotatable bonds is 5. The lowest BCUT2D eigenvalue weighted by atomic mass is 9.54. The molecule has 1 aromatic rings. The van der Waals surface area contributed by atoms with Crippen LogP contribution >= 0.6 is 11.6 Å². The average molecular weight is 410 g/mol. The molecule has 10 heteroatoms. The standard InChI is InChI=1S/C18H24ClN5O4/c1-3-22(18(25)28-2)23(16-14(24(26)27)9-20-17(19)21-16)15-12-5-10-4-11(7-12)8-13(15)6-10/h9-13,15H,3-8H2,1-2H3. The van der Waals surface area contributed by atoms with Gasteiger partial charge in [-0.1, -0.05) is 0 Å². The number of hydrazine groups is 1. The molecule has 0 saturated heterocycles. The predicted molar refractivity (Wildman–Crippen MR) is 102 cm³/mol. The molecule has 4 bridgehead atoms. The van der Waals surface area contributed by atoms with Gasteiger partial charge in [-0.15, -0.1) is 0 Å². The summed E-state index contributed by atoms with van der Waals surface area (Å²) in [5.41, 5.74) is -0.263. The van der Waals surface area contributed by atoms with Gasteiger partial charge in [0.15, 0.2) is 0 Å². The molecular formula is C18H24ClN5O4. The van der Waals surface area contributed by atoms with Gasteiger partial charge in [0.1, 0.15) is 6.20 Å². The molecule has 4 saturated carbocycles. The predicted octanol–water partition coefficient (Wildman–Crippen LogP) is 3.67. The number of nitrogens with zero attached hydrogens (tertiary/aromatic N) is 5. The van der Waals surface area contributed by atoms with Crippen molar-refractivity contribution in [2.45, 2.75) is 45.1 Å². The number of hydrogen-bond donors (Lipinski definition) is 0. The van der Waals surface area contributed by atoms with E-state index in [0.29, 0.717) is 18.4 Å². The molecular weight excluding hydrogens is 386 g/mol. The fourth-order valence-electron chi connectivity index (χ4n) is 5.83. The largest absolute Gasteiger partial charge is 0.452 e. The second kappa shape index (κ2) is 7.35. The van der Waals surface area contributed by atoms with Crippen molar-refractivity contribution in [1.29, 1.82) is 0 Å². The van der Waals surface area contributed by atoms with Crippen molar-refractivity contribution in [3.63, 3.8) is 0 Å². The maximum Gasteiger partial charge on any atom is 0.428 e. The van der Waals surface area contributed by atoms with Crippen molar-refractivity contribution in [1.82, 2.24) is 15.0 Å². The van der Waals surface area contributed by atoms with Crippen LogP contribution in [0.5, 0.6) is 0 Å². The van der Waals surface area contributed by atoms with E-state index in [-0.39, 0.29) is 22.8 Å². The van der Waals surface area contributed by atoms with Crippen molar-refractivity contribution < 1.29 is 14.5 Å². The molecule has 0 aliphatic heterocycles. The van der Waals surface area contributed by atoms with Crippen molar-refractivity contribution in [3.8, 4) is 0 Å². The Hall–Kier alpha value is -2.16. The van der Waals surface area contributed by atoms with E-state index < -0.39 is 11.0 Å². The van der Waals surface area contributed by atoms with E-state index in [2.05, 4.69) is 9.97 Å². The summed E-state index contributed by atoms with van der Waals surface area (Å²) in [4.78, 5) is 31.7. The Balaban J connectivity index is 1.83. The Kier molecular flexibility index (Phi) is 5.03. The number of hydrogen-bond acceptors (Lipinski definition) is 7. The van der Waals surface area contributed by atoms with E-state index in [0.717, 1.165) is 43.7 Å². The number of nitro groups is 1. The number of carbonyl (C=O) groups excluding carboxylic acids is 1. The minimum Gasteiger partial charge on any atom is -0.452 e. The van der Waals surface area contributed by atoms with Gasteiger partial charge >= 0.3 is 11.8 Å².